The topological polar surface area (TPSA) is 71.5 Å². The summed E-state index contributed by atoms with van der Waals surface area (Å²) in [6.07, 6.45) is 1.43. The van der Waals surface area contributed by atoms with Crippen LogP contribution in [-0.4, -0.2) is 38.7 Å². The van der Waals surface area contributed by atoms with Gasteiger partial charge in [0, 0.05) is 17.8 Å². The lowest BCUT2D eigenvalue weighted by Crippen LogP contribution is -2.31. The SMILES string of the molecule is CS(=O)(=O)CCCN1C(=O)C(=O)c2cc(Cl)ccc21. The molecule has 2 rings (SSSR count). The van der Waals surface area contributed by atoms with Crippen LogP contribution in [0, 0.1) is 0 Å². The number of hydrogen-bond donors (Lipinski definition) is 0. The van der Waals surface area contributed by atoms with E-state index in [1.807, 2.05) is 0 Å². The fourth-order valence-electron chi connectivity index (χ4n) is 1.98. The van der Waals surface area contributed by atoms with Crippen LogP contribution in [0.1, 0.15) is 16.8 Å². The van der Waals surface area contributed by atoms with Crippen LogP contribution in [0.5, 0.6) is 0 Å². The van der Waals surface area contributed by atoms with Gasteiger partial charge in [-0.15, -0.1) is 0 Å². The summed E-state index contributed by atoms with van der Waals surface area (Å²) in [5.41, 5.74) is 0.768. The summed E-state index contributed by atoms with van der Waals surface area (Å²) in [6, 6.07) is 4.64. The van der Waals surface area contributed by atoms with Crippen LogP contribution in [0.15, 0.2) is 18.2 Å². The van der Waals surface area contributed by atoms with Crippen molar-refractivity contribution in [3.8, 4) is 0 Å². The zero-order chi connectivity index (χ0) is 14.2. The number of nitrogens with zero attached hydrogens (tertiary/aromatic N) is 1. The van der Waals surface area contributed by atoms with Crippen LogP contribution in [0.25, 0.3) is 0 Å². The van der Waals surface area contributed by atoms with Gasteiger partial charge >= 0.3 is 0 Å². The average Bonchev–Trinajstić information content (AvgIpc) is 2.53. The fraction of sp³-hybridized carbons (Fsp3) is 0.333. The Bertz CT molecular complexity index is 654. The zero-order valence-electron chi connectivity index (χ0n) is 10.2. The summed E-state index contributed by atoms with van der Waals surface area (Å²) in [6.45, 7) is 0.201. The molecule has 102 valence electrons. The van der Waals surface area contributed by atoms with E-state index in [1.165, 1.54) is 11.0 Å². The number of halogens is 1. The molecule has 1 aromatic carbocycles. The molecule has 1 heterocycles. The molecule has 0 unspecified atom stereocenters. The maximum absolute atomic E-state index is 11.8. The van der Waals surface area contributed by atoms with Crippen molar-refractivity contribution in [3.63, 3.8) is 0 Å². The smallest absolute Gasteiger partial charge is 0.299 e. The van der Waals surface area contributed by atoms with Gasteiger partial charge in [-0.2, -0.15) is 0 Å². The van der Waals surface area contributed by atoms with Crippen molar-refractivity contribution in [2.24, 2.45) is 0 Å². The highest BCUT2D eigenvalue weighted by Crippen LogP contribution is 2.31. The molecule has 1 aromatic rings. The van der Waals surface area contributed by atoms with Crippen molar-refractivity contribution >= 4 is 38.8 Å². The number of benzene rings is 1. The third-order valence-corrected chi connectivity index (χ3v) is 4.10. The first kappa shape index (κ1) is 14.0. The quantitative estimate of drug-likeness (QED) is 0.786. The molecule has 1 amide bonds. The summed E-state index contributed by atoms with van der Waals surface area (Å²) >= 11 is 5.79. The number of fused-ring (bicyclic) bond motifs is 1. The number of carbonyl (C=O) groups excluding carboxylic acids is 2. The number of rotatable bonds is 4. The van der Waals surface area contributed by atoms with E-state index in [4.69, 9.17) is 11.6 Å². The average molecular weight is 302 g/mol. The van der Waals surface area contributed by atoms with Gasteiger partial charge in [-0.05, 0) is 24.6 Å². The summed E-state index contributed by atoms with van der Waals surface area (Å²) < 4.78 is 22.1. The number of Topliss-reactive ketones (excluding diaryl/α,β-unsaturated/α-hetero) is 1. The predicted molar refractivity (Wildman–Crippen MR) is 72.5 cm³/mol. The predicted octanol–water partition coefficient (Wildman–Crippen LogP) is 1.30. The Balaban J connectivity index is 2.20. The van der Waals surface area contributed by atoms with E-state index in [-0.39, 0.29) is 17.9 Å². The largest absolute Gasteiger partial charge is 0.305 e. The lowest BCUT2D eigenvalue weighted by Gasteiger charge is -2.15. The molecule has 7 heteroatoms. The molecule has 0 saturated heterocycles. The molecule has 0 radical (unpaired) electrons. The van der Waals surface area contributed by atoms with E-state index in [9.17, 15) is 18.0 Å². The van der Waals surface area contributed by atoms with Crippen LogP contribution in [0.2, 0.25) is 5.02 Å². The van der Waals surface area contributed by atoms with Gasteiger partial charge < -0.3 is 4.90 Å². The van der Waals surface area contributed by atoms with Gasteiger partial charge in [-0.3, -0.25) is 9.59 Å². The molecule has 1 aliphatic rings. The van der Waals surface area contributed by atoms with E-state index in [1.54, 1.807) is 12.1 Å². The minimum Gasteiger partial charge on any atom is -0.305 e. The lowest BCUT2D eigenvalue weighted by molar-refractivity contribution is -0.114. The Labute approximate surface area is 116 Å². The van der Waals surface area contributed by atoms with E-state index in [0.29, 0.717) is 17.1 Å². The number of amides is 1. The van der Waals surface area contributed by atoms with Gasteiger partial charge in [0.15, 0.2) is 0 Å². The van der Waals surface area contributed by atoms with Crippen molar-refractivity contribution in [1.29, 1.82) is 0 Å². The molecule has 0 aliphatic carbocycles. The second-order valence-electron chi connectivity index (χ2n) is 4.43. The summed E-state index contributed by atoms with van der Waals surface area (Å²) in [5, 5.41) is 0.387. The van der Waals surface area contributed by atoms with E-state index >= 15 is 0 Å². The number of sulfone groups is 1. The molecule has 1 aliphatic heterocycles. The third kappa shape index (κ3) is 2.96. The van der Waals surface area contributed by atoms with Crippen molar-refractivity contribution in [1.82, 2.24) is 0 Å². The Morgan fingerprint density at radius 2 is 1.95 bits per heavy atom. The first-order valence-electron chi connectivity index (χ1n) is 5.63. The summed E-state index contributed by atoms with van der Waals surface area (Å²) in [7, 11) is -3.07. The highest BCUT2D eigenvalue weighted by molar-refractivity contribution is 7.90. The molecule has 0 N–H and O–H groups in total. The first-order chi connectivity index (χ1) is 8.79. The van der Waals surface area contributed by atoms with Gasteiger partial charge in [0.1, 0.15) is 9.84 Å². The van der Waals surface area contributed by atoms with Crippen LogP contribution >= 0.6 is 11.6 Å². The zero-order valence-corrected chi connectivity index (χ0v) is 11.8. The van der Waals surface area contributed by atoms with Crippen molar-refractivity contribution in [2.75, 3.05) is 23.5 Å². The van der Waals surface area contributed by atoms with Crippen LogP contribution < -0.4 is 4.90 Å². The molecular formula is C12H12ClNO4S. The highest BCUT2D eigenvalue weighted by Gasteiger charge is 2.35. The van der Waals surface area contributed by atoms with Crippen LogP contribution in [0.3, 0.4) is 0 Å². The van der Waals surface area contributed by atoms with E-state index < -0.39 is 21.5 Å². The van der Waals surface area contributed by atoms with Gasteiger partial charge in [-0.1, -0.05) is 11.6 Å². The van der Waals surface area contributed by atoms with Gasteiger partial charge in [0.25, 0.3) is 11.7 Å². The Morgan fingerprint density at radius 1 is 1.26 bits per heavy atom. The van der Waals surface area contributed by atoms with Crippen molar-refractivity contribution in [2.45, 2.75) is 6.42 Å². The van der Waals surface area contributed by atoms with Gasteiger partial charge in [-0.25, -0.2) is 8.42 Å². The minimum absolute atomic E-state index is 0.0199. The molecule has 0 aromatic heterocycles. The highest BCUT2D eigenvalue weighted by atomic mass is 35.5. The lowest BCUT2D eigenvalue weighted by atomic mass is 10.1. The normalized spacial score (nSPS) is 14.9. The monoisotopic (exact) mass is 301 g/mol. The second-order valence-corrected chi connectivity index (χ2v) is 7.13. The molecule has 19 heavy (non-hydrogen) atoms. The molecule has 0 bridgehead atoms. The molecule has 0 saturated carbocycles. The number of anilines is 1. The Hall–Kier alpha value is -1.40. The maximum atomic E-state index is 11.8. The summed E-state index contributed by atoms with van der Waals surface area (Å²) in [4.78, 5) is 24.9. The number of hydrogen-bond acceptors (Lipinski definition) is 4. The molecule has 0 atom stereocenters. The second kappa shape index (κ2) is 4.94. The van der Waals surface area contributed by atoms with Gasteiger partial charge in [0.05, 0.1) is 17.0 Å². The summed E-state index contributed by atoms with van der Waals surface area (Å²) in [5.74, 6) is -1.25. The molecular weight excluding hydrogens is 290 g/mol. The van der Waals surface area contributed by atoms with Crippen LogP contribution in [-0.2, 0) is 14.6 Å². The number of carbonyl (C=O) groups is 2. The number of ketones is 1. The Kier molecular flexibility index (Phi) is 3.64. The van der Waals surface area contributed by atoms with Crippen LogP contribution in [0.4, 0.5) is 5.69 Å². The van der Waals surface area contributed by atoms with Gasteiger partial charge in [0.2, 0.25) is 0 Å². The standard InChI is InChI=1S/C12H12ClNO4S/c1-19(17,18)6-2-5-14-10-4-3-8(13)7-9(10)11(15)12(14)16/h3-4,7H,2,5-6H2,1H3. The van der Waals surface area contributed by atoms with Crippen molar-refractivity contribution in [3.05, 3.63) is 28.8 Å². The molecule has 0 spiro atoms. The van der Waals surface area contributed by atoms with E-state index in [0.717, 1.165) is 6.26 Å². The van der Waals surface area contributed by atoms with E-state index in [2.05, 4.69) is 0 Å². The fourth-order valence-corrected chi connectivity index (χ4v) is 2.81. The third-order valence-electron chi connectivity index (χ3n) is 2.83. The Morgan fingerprint density at radius 3 is 2.58 bits per heavy atom. The minimum atomic E-state index is -3.07. The maximum Gasteiger partial charge on any atom is 0.299 e. The first-order valence-corrected chi connectivity index (χ1v) is 8.07. The molecule has 5 nitrogen and oxygen atoms in total. The van der Waals surface area contributed by atoms with Crippen molar-refractivity contribution < 1.29 is 18.0 Å². The molecule has 0 fully saturated rings.